The van der Waals surface area contributed by atoms with Gasteiger partial charge in [0.2, 0.25) is 5.95 Å². The molecule has 1 saturated carbocycles. The van der Waals surface area contributed by atoms with Crippen LogP contribution in [0.1, 0.15) is 30.0 Å². The number of rotatable bonds is 6. The third-order valence-electron chi connectivity index (χ3n) is 4.19. The van der Waals surface area contributed by atoms with Gasteiger partial charge < -0.3 is 21.3 Å². The molecule has 9 heteroatoms. The molecule has 134 valence electrons. The van der Waals surface area contributed by atoms with Gasteiger partial charge in [-0.2, -0.15) is 10.1 Å². The molecule has 1 aliphatic carbocycles. The maximum absolute atomic E-state index is 11.2. The van der Waals surface area contributed by atoms with Gasteiger partial charge in [0.25, 0.3) is 0 Å². The van der Waals surface area contributed by atoms with Crippen molar-refractivity contribution in [3.63, 3.8) is 0 Å². The van der Waals surface area contributed by atoms with E-state index in [4.69, 9.17) is 11.6 Å². The highest BCUT2D eigenvalue weighted by molar-refractivity contribution is 6.30. The lowest BCUT2D eigenvalue weighted by Gasteiger charge is -2.15. The minimum absolute atomic E-state index is 0.236. The molecular weight excluding hydrogens is 354 g/mol. The second-order valence-electron chi connectivity index (χ2n) is 6.25. The second-order valence-corrected chi connectivity index (χ2v) is 6.69. The van der Waals surface area contributed by atoms with E-state index < -0.39 is 0 Å². The zero-order valence-corrected chi connectivity index (χ0v) is 14.8. The Bertz CT molecular complexity index is 939. The molecule has 26 heavy (non-hydrogen) atoms. The Balaban J connectivity index is 1.57. The monoisotopic (exact) mass is 370 g/mol. The quantitative estimate of drug-likeness (QED) is 0.474. The third kappa shape index (κ3) is 3.56. The summed E-state index contributed by atoms with van der Waals surface area (Å²) in [4.78, 5) is 8.55. The number of benzene rings is 1. The highest BCUT2D eigenvalue weighted by atomic mass is 35.5. The van der Waals surface area contributed by atoms with E-state index in [1.165, 1.54) is 19.0 Å². The topological polar surface area (TPSA) is 114 Å². The molecule has 0 spiro atoms. The van der Waals surface area contributed by atoms with Crippen LogP contribution in [0, 0.1) is 12.1 Å². The Morgan fingerprint density at radius 3 is 2.77 bits per heavy atom. The van der Waals surface area contributed by atoms with Crippen molar-refractivity contribution in [2.45, 2.75) is 25.7 Å². The summed E-state index contributed by atoms with van der Waals surface area (Å²) in [5.41, 5.74) is 4.97. The Hall–Kier alpha value is -2.84. The average molecular weight is 371 g/mol. The molecule has 8 nitrogen and oxygen atoms in total. The molecule has 0 bridgehead atoms. The van der Waals surface area contributed by atoms with Crippen LogP contribution in [0.15, 0.2) is 30.5 Å². The predicted octanol–water partition coefficient (Wildman–Crippen LogP) is 4.44. The third-order valence-corrected chi connectivity index (χ3v) is 4.43. The Morgan fingerprint density at radius 1 is 1.19 bits per heavy atom. The van der Waals surface area contributed by atoms with E-state index in [2.05, 4.69) is 30.8 Å². The molecule has 0 radical (unpaired) electrons. The fourth-order valence-electron chi connectivity index (χ4n) is 2.63. The number of aromatic amines is 1. The highest BCUT2D eigenvalue weighted by Gasteiger charge is 2.25. The molecule has 4 N–H and O–H groups in total. The van der Waals surface area contributed by atoms with E-state index in [1.807, 2.05) is 30.6 Å². The zero-order chi connectivity index (χ0) is 18.1. The number of halogens is 1. The maximum Gasteiger partial charge on any atom is 0.229 e. The van der Waals surface area contributed by atoms with Gasteiger partial charge in [-0.3, -0.25) is 5.10 Å². The normalized spacial score (nSPS) is 13.5. The van der Waals surface area contributed by atoms with E-state index in [1.54, 1.807) is 6.07 Å². The summed E-state index contributed by atoms with van der Waals surface area (Å²) >= 11 is 5.98. The second kappa shape index (κ2) is 6.81. The van der Waals surface area contributed by atoms with E-state index in [9.17, 15) is 5.21 Å². The van der Waals surface area contributed by atoms with Gasteiger partial charge in [-0.25, -0.2) is 4.98 Å². The number of hydrogen-bond acceptors (Lipinski definition) is 7. The van der Waals surface area contributed by atoms with Gasteiger partial charge in [-0.1, -0.05) is 11.6 Å². The van der Waals surface area contributed by atoms with Crippen molar-refractivity contribution in [2.75, 3.05) is 16.1 Å². The van der Waals surface area contributed by atoms with Crippen LogP contribution in [0.25, 0.3) is 0 Å². The lowest BCUT2D eigenvalue weighted by Crippen LogP contribution is -2.04. The van der Waals surface area contributed by atoms with Gasteiger partial charge in [0, 0.05) is 28.4 Å². The molecule has 2 aromatic heterocycles. The number of aryl methyl sites for hydroxylation is 1. The van der Waals surface area contributed by atoms with E-state index >= 15 is 0 Å². The van der Waals surface area contributed by atoms with Crippen LogP contribution in [0.5, 0.6) is 0 Å². The number of anilines is 5. The molecule has 0 saturated heterocycles. The van der Waals surface area contributed by atoms with Gasteiger partial charge in [-0.05, 0) is 43.5 Å². The van der Waals surface area contributed by atoms with E-state index in [-0.39, 0.29) is 5.69 Å². The van der Waals surface area contributed by atoms with Crippen molar-refractivity contribution in [3.8, 4) is 0 Å². The summed E-state index contributed by atoms with van der Waals surface area (Å²) in [7, 11) is 0. The van der Waals surface area contributed by atoms with E-state index in [0.717, 1.165) is 16.9 Å². The summed E-state index contributed by atoms with van der Waals surface area (Å²) in [5, 5.41) is 25.3. The van der Waals surface area contributed by atoms with Crippen molar-refractivity contribution in [2.24, 2.45) is 0 Å². The Kier molecular flexibility index (Phi) is 4.36. The average Bonchev–Trinajstić information content (AvgIpc) is 3.37. The lowest BCUT2D eigenvalue weighted by atomic mass is 10.2. The van der Waals surface area contributed by atoms with Gasteiger partial charge in [0.15, 0.2) is 11.6 Å². The smallest absolute Gasteiger partial charge is 0.229 e. The molecule has 0 amide bonds. The fraction of sp³-hybridized carbons (Fsp3) is 0.235. The van der Waals surface area contributed by atoms with Crippen molar-refractivity contribution < 1.29 is 0 Å². The first-order valence-electron chi connectivity index (χ1n) is 8.23. The molecular formula is C17H17ClN7O-. The van der Waals surface area contributed by atoms with Crippen LogP contribution in [-0.4, -0.2) is 20.2 Å². The number of nitrogens with one attached hydrogen (secondary N) is 4. The standard InChI is InChI=1S/C17H17ClN7O/c1-9-6-11(18)4-5-12(9)20-17-19-8-14(25-26)16(22-17)21-15-7-13(23-24-15)10-2-3-10/h4-8,10,25H,2-3H2,1H3,(H3,19,20,21,22,23,24)/q-1. The highest BCUT2D eigenvalue weighted by Crippen LogP contribution is 2.39. The van der Waals surface area contributed by atoms with Crippen molar-refractivity contribution >= 4 is 40.6 Å². The van der Waals surface area contributed by atoms with Gasteiger partial charge in [0.05, 0.1) is 11.9 Å². The minimum Gasteiger partial charge on any atom is -0.761 e. The molecule has 0 aliphatic heterocycles. The van der Waals surface area contributed by atoms with Crippen LogP contribution in [0.2, 0.25) is 5.02 Å². The Labute approximate surface area is 155 Å². The van der Waals surface area contributed by atoms with Crippen LogP contribution < -0.4 is 16.1 Å². The minimum atomic E-state index is 0.236. The first-order chi connectivity index (χ1) is 12.6. The molecule has 1 fully saturated rings. The summed E-state index contributed by atoms with van der Waals surface area (Å²) < 4.78 is 0. The zero-order valence-electron chi connectivity index (χ0n) is 14.0. The van der Waals surface area contributed by atoms with Gasteiger partial charge in [-0.15, -0.1) is 0 Å². The summed E-state index contributed by atoms with van der Waals surface area (Å²) in [6.45, 7) is 1.93. The van der Waals surface area contributed by atoms with Crippen LogP contribution in [0.4, 0.5) is 29.0 Å². The summed E-state index contributed by atoms with van der Waals surface area (Å²) in [6, 6.07) is 7.42. The number of hydrogen-bond donors (Lipinski definition) is 4. The fourth-order valence-corrected chi connectivity index (χ4v) is 2.85. The largest absolute Gasteiger partial charge is 0.761 e. The van der Waals surface area contributed by atoms with Crippen LogP contribution >= 0.6 is 11.6 Å². The van der Waals surface area contributed by atoms with Crippen molar-refractivity contribution in [1.82, 2.24) is 20.2 Å². The van der Waals surface area contributed by atoms with Gasteiger partial charge >= 0.3 is 0 Å². The molecule has 3 aromatic rings. The number of H-pyrrole nitrogens is 1. The molecule has 0 atom stereocenters. The predicted molar refractivity (Wildman–Crippen MR) is 102 cm³/mol. The number of nitrogens with zero attached hydrogens (tertiary/aromatic N) is 3. The molecule has 4 rings (SSSR count). The summed E-state index contributed by atoms with van der Waals surface area (Å²) in [5.74, 6) is 1.87. The molecule has 1 aromatic carbocycles. The van der Waals surface area contributed by atoms with Crippen LogP contribution in [0.3, 0.4) is 0 Å². The van der Waals surface area contributed by atoms with Crippen molar-refractivity contribution in [3.05, 3.63) is 51.9 Å². The first kappa shape index (κ1) is 16.6. The van der Waals surface area contributed by atoms with E-state index in [0.29, 0.717) is 28.5 Å². The SMILES string of the molecule is Cc1cc(Cl)ccc1Nc1ncc(N[O-])c(Nc2cc(C3CC3)[nH]n2)n1. The molecule has 0 unspecified atom stereocenters. The number of aromatic nitrogens is 4. The lowest BCUT2D eigenvalue weighted by molar-refractivity contribution is 0.966. The summed E-state index contributed by atoms with van der Waals surface area (Å²) in [6.07, 6.45) is 3.78. The van der Waals surface area contributed by atoms with Crippen LogP contribution in [-0.2, 0) is 0 Å². The van der Waals surface area contributed by atoms with Crippen molar-refractivity contribution in [1.29, 1.82) is 0 Å². The maximum atomic E-state index is 11.2. The molecule has 1 aliphatic rings. The Morgan fingerprint density at radius 2 is 2.04 bits per heavy atom. The molecule has 2 heterocycles. The first-order valence-corrected chi connectivity index (χ1v) is 8.61. The van der Waals surface area contributed by atoms with Gasteiger partial charge in [0.1, 0.15) is 0 Å².